The number of carbonyl (C=O) groups is 1. The molecule has 3 N–H and O–H groups in total. The van der Waals surface area contributed by atoms with E-state index in [4.69, 9.17) is 10.8 Å². The normalized spacial score (nSPS) is 44.6. The second kappa shape index (κ2) is 3.09. The third-order valence-electron chi connectivity index (χ3n) is 4.30. The van der Waals surface area contributed by atoms with E-state index in [0.29, 0.717) is 24.3 Å². The second-order valence-electron chi connectivity index (χ2n) is 4.64. The highest BCUT2D eigenvalue weighted by Gasteiger charge is 2.59. The van der Waals surface area contributed by atoms with Gasteiger partial charge in [0.25, 0.3) is 0 Å². The first-order chi connectivity index (χ1) is 6.62. The number of allylic oxidation sites excluding steroid dienone is 2. The van der Waals surface area contributed by atoms with Gasteiger partial charge in [0.15, 0.2) is 0 Å². The Bertz CT molecular complexity index is 287. The minimum absolute atomic E-state index is 0.139. The van der Waals surface area contributed by atoms with E-state index in [1.165, 1.54) is 0 Å². The Kier molecular flexibility index (Phi) is 2.14. The van der Waals surface area contributed by atoms with Gasteiger partial charge in [0, 0.05) is 0 Å². The fourth-order valence-electron chi connectivity index (χ4n) is 3.39. The van der Waals surface area contributed by atoms with Crippen molar-refractivity contribution in [3.63, 3.8) is 0 Å². The van der Waals surface area contributed by atoms with Crippen LogP contribution in [0, 0.1) is 23.2 Å². The Morgan fingerprint density at radius 2 is 2.43 bits per heavy atom. The summed E-state index contributed by atoms with van der Waals surface area (Å²) >= 11 is 0. The Hall–Kier alpha value is -0.830. The highest BCUT2D eigenvalue weighted by molar-refractivity contribution is 5.68. The number of aliphatic carboxylic acids is 1. The third-order valence-corrected chi connectivity index (χ3v) is 4.30. The van der Waals surface area contributed by atoms with Crippen molar-refractivity contribution in [3.05, 3.63) is 12.2 Å². The van der Waals surface area contributed by atoms with Crippen molar-refractivity contribution in [2.24, 2.45) is 28.9 Å². The Morgan fingerprint density at radius 1 is 1.71 bits per heavy atom. The van der Waals surface area contributed by atoms with Gasteiger partial charge in [-0.25, -0.2) is 0 Å². The van der Waals surface area contributed by atoms with Crippen LogP contribution in [0.2, 0.25) is 0 Å². The summed E-state index contributed by atoms with van der Waals surface area (Å²) in [6.45, 7) is 2.63. The number of nitrogens with two attached hydrogens (primary N) is 1. The first-order valence-corrected chi connectivity index (χ1v) is 5.20. The molecule has 3 nitrogen and oxygen atoms in total. The standard InChI is InChI=1S/C11H17NO2/c1-7-8-3-2-4-9(8)11(7,6-12)5-10(13)14/h2-3,7-9H,4-6,12H2,1H3,(H,13,14)/t7-,8?,9?,11+/m1/s1. The van der Waals surface area contributed by atoms with E-state index in [2.05, 4.69) is 19.1 Å². The van der Waals surface area contributed by atoms with Gasteiger partial charge in [0.05, 0.1) is 6.42 Å². The number of carboxylic acid groups (broad SMARTS) is 1. The zero-order chi connectivity index (χ0) is 10.3. The van der Waals surface area contributed by atoms with E-state index >= 15 is 0 Å². The third kappa shape index (κ3) is 1.05. The van der Waals surface area contributed by atoms with Crippen LogP contribution in [0.25, 0.3) is 0 Å². The molecule has 0 aliphatic heterocycles. The quantitative estimate of drug-likeness (QED) is 0.666. The molecule has 0 saturated heterocycles. The number of rotatable bonds is 3. The topological polar surface area (TPSA) is 63.3 Å². The number of hydrogen-bond acceptors (Lipinski definition) is 2. The average Bonchev–Trinajstić information content (AvgIpc) is 2.59. The van der Waals surface area contributed by atoms with Crippen molar-refractivity contribution in [3.8, 4) is 0 Å². The van der Waals surface area contributed by atoms with Crippen LogP contribution in [-0.2, 0) is 4.79 Å². The van der Waals surface area contributed by atoms with Gasteiger partial charge < -0.3 is 10.8 Å². The van der Waals surface area contributed by atoms with Crippen molar-refractivity contribution >= 4 is 5.97 Å². The zero-order valence-corrected chi connectivity index (χ0v) is 8.44. The van der Waals surface area contributed by atoms with Gasteiger partial charge in [-0.1, -0.05) is 19.1 Å². The molecule has 0 heterocycles. The average molecular weight is 195 g/mol. The van der Waals surface area contributed by atoms with Gasteiger partial charge in [-0.15, -0.1) is 0 Å². The molecule has 0 aromatic rings. The molecular formula is C11H17NO2. The molecule has 0 aromatic carbocycles. The summed E-state index contributed by atoms with van der Waals surface area (Å²) in [5, 5.41) is 8.91. The van der Waals surface area contributed by atoms with E-state index in [-0.39, 0.29) is 11.8 Å². The molecular weight excluding hydrogens is 178 g/mol. The van der Waals surface area contributed by atoms with Gasteiger partial charge in [-0.3, -0.25) is 4.79 Å². The second-order valence-corrected chi connectivity index (χ2v) is 4.64. The van der Waals surface area contributed by atoms with Gasteiger partial charge in [0.1, 0.15) is 0 Å². The molecule has 0 aromatic heterocycles. The Balaban J connectivity index is 2.17. The van der Waals surface area contributed by atoms with E-state index in [1.807, 2.05) is 0 Å². The summed E-state index contributed by atoms with van der Waals surface area (Å²) in [4.78, 5) is 10.8. The molecule has 2 aliphatic rings. The van der Waals surface area contributed by atoms with Crippen molar-refractivity contribution < 1.29 is 9.90 Å². The molecule has 0 bridgehead atoms. The summed E-state index contributed by atoms with van der Waals surface area (Å²) in [6.07, 6.45) is 5.64. The SMILES string of the molecule is C[C@@H]1C2C=CCC2[C@]1(CN)CC(=O)O. The minimum atomic E-state index is -0.715. The fraction of sp³-hybridized carbons (Fsp3) is 0.727. The molecule has 0 radical (unpaired) electrons. The molecule has 2 rings (SSSR count). The zero-order valence-electron chi connectivity index (χ0n) is 8.44. The molecule has 1 saturated carbocycles. The molecule has 0 amide bonds. The lowest BCUT2D eigenvalue weighted by atomic mass is 9.47. The summed E-state index contributed by atoms with van der Waals surface area (Å²) < 4.78 is 0. The lowest BCUT2D eigenvalue weighted by Gasteiger charge is -2.57. The predicted octanol–water partition coefficient (Wildman–Crippen LogP) is 1.25. The van der Waals surface area contributed by atoms with Crippen molar-refractivity contribution in [2.45, 2.75) is 19.8 Å². The molecule has 3 heteroatoms. The lowest BCUT2D eigenvalue weighted by molar-refractivity contribution is -0.151. The number of carboxylic acids is 1. The largest absolute Gasteiger partial charge is 0.481 e. The highest BCUT2D eigenvalue weighted by atomic mass is 16.4. The predicted molar refractivity (Wildman–Crippen MR) is 53.6 cm³/mol. The maximum atomic E-state index is 10.8. The summed E-state index contributed by atoms with van der Waals surface area (Å²) in [5.74, 6) is 0.775. The van der Waals surface area contributed by atoms with Crippen LogP contribution in [-0.4, -0.2) is 17.6 Å². The molecule has 2 aliphatic carbocycles. The molecule has 2 unspecified atom stereocenters. The van der Waals surface area contributed by atoms with Gasteiger partial charge in [-0.05, 0) is 36.1 Å². The maximum absolute atomic E-state index is 10.8. The number of hydrogen-bond donors (Lipinski definition) is 2. The maximum Gasteiger partial charge on any atom is 0.303 e. The summed E-state index contributed by atoms with van der Waals surface area (Å²) in [6, 6.07) is 0. The minimum Gasteiger partial charge on any atom is -0.481 e. The molecule has 78 valence electrons. The van der Waals surface area contributed by atoms with E-state index < -0.39 is 5.97 Å². The Labute approximate surface area is 84.0 Å². The summed E-state index contributed by atoms with van der Waals surface area (Å²) in [5.41, 5.74) is 5.63. The molecule has 0 spiro atoms. The van der Waals surface area contributed by atoms with Crippen molar-refractivity contribution in [2.75, 3.05) is 6.54 Å². The van der Waals surface area contributed by atoms with Crippen LogP contribution >= 0.6 is 0 Å². The van der Waals surface area contributed by atoms with Crippen molar-refractivity contribution in [1.82, 2.24) is 0 Å². The van der Waals surface area contributed by atoms with Crippen LogP contribution in [0.15, 0.2) is 12.2 Å². The monoisotopic (exact) mass is 195 g/mol. The van der Waals surface area contributed by atoms with Crippen LogP contribution < -0.4 is 5.73 Å². The summed E-state index contributed by atoms with van der Waals surface area (Å²) in [7, 11) is 0. The van der Waals surface area contributed by atoms with Gasteiger partial charge in [-0.2, -0.15) is 0 Å². The van der Waals surface area contributed by atoms with E-state index in [1.54, 1.807) is 0 Å². The van der Waals surface area contributed by atoms with E-state index in [9.17, 15) is 4.79 Å². The van der Waals surface area contributed by atoms with E-state index in [0.717, 1.165) is 6.42 Å². The van der Waals surface area contributed by atoms with Crippen LogP contribution in [0.3, 0.4) is 0 Å². The highest BCUT2D eigenvalue weighted by Crippen LogP contribution is 2.61. The van der Waals surface area contributed by atoms with Crippen LogP contribution in [0.5, 0.6) is 0 Å². The lowest BCUT2D eigenvalue weighted by Crippen LogP contribution is -2.58. The van der Waals surface area contributed by atoms with Gasteiger partial charge >= 0.3 is 5.97 Å². The molecule has 1 fully saturated rings. The molecule has 14 heavy (non-hydrogen) atoms. The first-order valence-electron chi connectivity index (χ1n) is 5.20. The number of fused-ring (bicyclic) bond motifs is 1. The van der Waals surface area contributed by atoms with Crippen LogP contribution in [0.1, 0.15) is 19.8 Å². The van der Waals surface area contributed by atoms with Crippen molar-refractivity contribution in [1.29, 1.82) is 0 Å². The van der Waals surface area contributed by atoms with Crippen LogP contribution in [0.4, 0.5) is 0 Å². The Morgan fingerprint density at radius 3 is 3.00 bits per heavy atom. The molecule has 4 atom stereocenters. The fourth-order valence-corrected chi connectivity index (χ4v) is 3.39. The first kappa shape index (κ1) is 9.71. The van der Waals surface area contributed by atoms with Gasteiger partial charge in [0.2, 0.25) is 0 Å². The smallest absolute Gasteiger partial charge is 0.303 e.